The molecule has 0 saturated carbocycles. The van der Waals surface area contributed by atoms with E-state index in [1.807, 2.05) is 6.92 Å². The van der Waals surface area contributed by atoms with Crippen molar-refractivity contribution >= 4 is 11.6 Å². The lowest BCUT2D eigenvalue weighted by Crippen LogP contribution is -2.36. The topological polar surface area (TPSA) is 90.7 Å². The van der Waals surface area contributed by atoms with Gasteiger partial charge in [0.1, 0.15) is 5.75 Å². The molecule has 1 fully saturated rings. The van der Waals surface area contributed by atoms with Crippen molar-refractivity contribution in [2.75, 3.05) is 19.8 Å². The predicted molar refractivity (Wildman–Crippen MR) is 79.7 cm³/mol. The zero-order chi connectivity index (χ0) is 15.9. The Bertz CT molecular complexity index is 517. The molecule has 1 aromatic rings. The molecule has 1 saturated heterocycles. The van der Waals surface area contributed by atoms with Gasteiger partial charge in [0.05, 0.1) is 11.0 Å². The number of carbonyl (C=O) groups excluding carboxylic acids is 1. The molecule has 0 aromatic heterocycles. The Kier molecular flexibility index (Phi) is 5.71. The minimum atomic E-state index is -0.481. The van der Waals surface area contributed by atoms with E-state index in [1.165, 1.54) is 24.3 Å². The number of ether oxygens (including phenoxy) is 2. The normalized spacial score (nSPS) is 21.1. The van der Waals surface area contributed by atoms with Gasteiger partial charge in [-0.2, -0.15) is 0 Å². The molecule has 1 aromatic carbocycles. The standard InChI is InChI=1S/C15H20N2O5/c1-11-8-12(6-7-21-11)9-16-15(18)10-22-14-4-2-13(3-5-14)17(19)20/h2-5,11-12H,6-10H2,1H3,(H,16,18)/t11-,12-/m1/s1. The predicted octanol–water partition coefficient (Wildman–Crippen LogP) is 1.90. The first-order valence-corrected chi connectivity index (χ1v) is 7.30. The minimum Gasteiger partial charge on any atom is -0.484 e. The monoisotopic (exact) mass is 308 g/mol. The quantitative estimate of drug-likeness (QED) is 0.640. The van der Waals surface area contributed by atoms with Crippen LogP contribution in [0.3, 0.4) is 0 Å². The smallest absolute Gasteiger partial charge is 0.269 e. The molecule has 0 aliphatic carbocycles. The van der Waals surface area contributed by atoms with E-state index >= 15 is 0 Å². The van der Waals surface area contributed by atoms with Crippen molar-refractivity contribution in [3.63, 3.8) is 0 Å². The van der Waals surface area contributed by atoms with Crippen LogP contribution in [0.25, 0.3) is 0 Å². The molecule has 1 aliphatic rings. The van der Waals surface area contributed by atoms with Crippen LogP contribution in [0.2, 0.25) is 0 Å². The van der Waals surface area contributed by atoms with Gasteiger partial charge in [0.2, 0.25) is 0 Å². The number of carbonyl (C=O) groups is 1. The summed E-state index contributed by atoms with van der Waals surface area (Å²) in [5.41, 5.74) is -0.00885. The van der Waals surface area contributed by atoms with E-state index in [0.29, 0.717) is 18.2 Å². The van der Waals surface area contributed by atoms with E-state index < -0.39 is 4.92 Å². The van der Waals surface area contributed by atoms with E-state index in [0.717, 1.165) is 19.4 Å². The van der Waals surface area contributed by atoms with Crippen LogP contribution in [-0.2, 0) is 9.53 Å². The van der Waals surface area contributed by atoms with Gasteiger partial charge in [-0.25, -0.2) is 0 Å². The van der Waals surface area contributed by atoms with Crippen molar-refractivity contribution in [3.8, 4) is 5.75 Å². The van der Waals surface area contributed by atoms with Crippen LogP contribution in [0.15, 0.2) is 24.3 Å². The molecule has 7 nitrogen and oxygen atoms in total. The fourth-order valence-electron chi connectivity index (χ4n) is 2.40. The Morgan fingerprint density at radius 1 is 1.45 bits per heavy atom. The largest absolute Gasteiger partial charge is 0.484 e. The number of non-ortho nitro benzene ring substituents is 1. The van der Waals surface area contributed by atoms with Crippen molar-refractivity contribution < 1.29 is 19.2 Å². The first-order chi connectivity index (χ1) is 10.5. The number of hydrogen-bond acceptors (Lipinski definition) is 5. The number of nitrogens with zero attached hydrogens (tertiary/aromatic N) is 1. The maximum Gasteiger partial charge on any atom is 0.269 e. The van der Waals surface area contributed by atoms with Crippen molar-refractivity contribution in [1.82, 2.24) is 5.32 Å². The van der Waals surface area contributed by atoms with Crippen LogP contribution in [0, 0.1) is 16.0 Å². The molecular formula is C15H20N2O5. The maximum atomic E-state index is 11.7. The van der Waals surface area contributed by atoms with E-state index in [9.17, 15) is 14.9 Å². The number of amides is 1. The lowest BCUT2D eigenvalue weighted by atomic mass is 9.96. The average molecular weight is 308 g/mol. The first-order valence-electron chi connectivity index (χ1n) is 7.30. The van der Waals surface area contributed by atoms with Crippen molar-refractivity contribution in [2.24, 2.45) is 5.92 Å². The molecule has 7 heteroatoms. The number of rotatable bonds is 6. The molecule has 1 amide bonds. The number of nitrogens with one attached hydrogen (secondary N) is 1. The third-order valence-electron chi connectivity index (χ3n) is 3.60. The average Bonchev–Trinajstić information content (AvgIpc) is 2.51. The van der Waals surface area contributed by atoms with Gasteiger partial charge in [-0.3, -0.25) is 14.9 Å². The number of benzene rings is 1. The van der Waals surface area contributed by atoms with Gasteiger partial charge in [0, 0.05) is 25.3 Å². The summed E-state index contributed by atoms with van der Waals surface area (Å²) in [6.45, 7) is 3.29. The van der Waals surface area contributed by atoms with Gasteiger partial charge in [0.15, 0.2) is 6.61 Å². The Hall–Kier alpha value is -2.15. The van der Waals surface area contributed by atoms with E-state index in [-0.39, 0.29) is 24.3 Å². The molecule has 1 aliphatic heterocycles. The fraction of sp³-hybridized carbons (Fsp3) is 0.533. The van der Waals surface area contributed by atoms with Crippen LogP contribution >= 0.6 is 0 Å². The van der Waals surface area contributed by atoms with Crippen molar-refractivity contribution in [2.45, 2.75) is 25.9 Å². The summed E-state index contributed by atoms with van der Waals surface area (Å²) in [6.07, 6.45) is 2.14. The molecule has 22 heavy (non-hydrogen) atoms. The molecule has 2 atom stereocenters. The fourth-order valence-corrected chi connectivity index (χ4v) is 2.40. The summed E-state index contributed by atoms with van der Waals surface area (Å²) in [5, 5.41) is 13.4. The third kappa shape index (κ3) is 5.00. The number of hydrogen-bond donors (Lipinski definition) is 1. The second-order valence-corrected chi connectivity index (χ2v) is 5.42. The Balaban J connectivity index is 1.70. The van der Waals surface area contributed by atoms with Gasteiger partial charge in [-0.1, -0.05) is 0 Å². The third-order valence-corrected chi connectivity index (χ3v) is 3.60. The zero-order valence-corrected chi connectivity index (χ0v) is 12.5. The molecule has 0 spiro atoms. The Morgan fingerprint density at radius 3 is 2.82 bits per heavy atom. The summed E-state index contributed by atoms with van der Waals surface area (Å²) in [4.78, 5) is 21.8. The van der Waals surface area contributed by atoms with Gasteiger partial charge in [-0.05, 0) is 37.8 Å². The van der Waals surface area contributed by atoms with E-state index in [4.69, 9.17) is 9.47 Å². The molecular weight excluding hydrogens is 288 g/mol. The Morgan fingerprint density at radius 2 is 2.18 bits per heavy atom. The summed E-state index contributed by atoms with van der Waals surface area (Å²) < 4.78 is 10.8. The number of nitro groups is 1. The highest BCUT2D eigenvalue weighted by Gasteiger charge is 2.19. The zero-order valence-electron chi connectivity index (χ0n) is 12.5. The number of nitro benzene ring substituents is 1. The van der Waals surface area contributed by atoms with Crippen LogP contribution in [0.1, 0.15) is 19.8 Å². The van der Waals surface area contributed by atoms with Crippen LogP contribution in [0.4, 0.5) is 5.69 Å². The maximum absolute atomic E-state index is 11.7. The van der Waals surface area contributed by atoms with Gasteiger partial charge < -0.3 is 14.8 Å². The second kappa shape index (κ2) is 7.74. The molecule has 0 unspecified atom stereocenters. The van der Waals surface area contributed by atoms with Crippen LogP contribution in [-0.4, -0.2) is 36.7 Å². The minimum absolute atomic E-state index is 0.00885. The summed E-state index contributed by atoms with van der Waals surface area (Å²) in [6, 6.07) is 5.64. The van der Waals surface area contributed by atoms with E-state index in [2.05, 4.69) is 5.32 Å². The van der Waals surface area contributed by atoms with Crippen molar-refractivity contribution in [3.05, 3.63) is 34.4 Å². The van der Waals surface area contributed by atoms with Crippen LogP contribution in [0.5, 0.6) is 5.75 Å². The highest BCUT2D eigenvalue weighted by molar-refractivity contribution is 5.77. The van der Waals surface area contributed by atoms with Crippen LogP contribution < -0.4 is 10.1 Å². The van der Waals surface area contributed by atoms with Gasteiger partial charge >= 0.3 is 0 Å². The van der Waals surface area contributed by atoms with E-state index in [1.54, 1.807) is 0 Å². The Labute approximate surface area is 128 Å². The summed E-state index contributed by atoms with van der Waals surface area (Å²) in [5.74, 6) is 0.671. The lowest BCUT2D eigenvalue weighted by Gasteiger charge is -2.27. The molecule has 1 N–H and O–H groups in total. The molecule has 120 valence electrons. The summed E-state index contributed by atoms with van der Waals surface area (Å²) >= 11 is 0. The molecule has 0 radical (unpaired) electrons. The highest BCUT2D eigenvalue weighted by Crippen LogP contribution is 2.19. The second-order valence-electron chi connectivity index (χ2n) is 5.42. The van der Waals surface area contributed by atoms with Gasteiger partial charge in [-0.15, -0.1) is 0 Å². The molecule has 2 rings (SSSR count). The molecule has 1 heterocycles. The lowest BCUT2D eigenvalue weighted by molar-refractivity contribution is -0.384. The van der Waals surface area contributed by atoms with Crippen molar-refractivity contribution in [1.29, 1.82) is 0 Å². The molecule has 0 bridgehead atoms. The first kappa shape index (κ1) is 16.2. The SMILES string of the molecule is C[C@@H]1C[C@H](CNC(=O)COc2ccc([N+](=O)[O-])cc2)CCO1. The highest BCUT2D eigenvalue weighted by atomic mass is 16.6. The van der Waals surface area contributed by atoms with Gasteiger partial charge in [0.25, 0.3) is 11.6 Å². The summed E-state index contributed by atoms with van der Waals surface area (Å²) in [7, 11) is 0.